The fourth-order valence-corrected chi connectivity index (χ4v) is 3.82. The lowest BCUT2D eigenvalue weighted by molar-refractivity contribution is 0.102. The molecule has 0 spiro atoms. The second-order valence-electron chi connectivity index (χ2n) is 7.04. The van der Waals surface area contributed by atoms with Crippen LogP contribution in [0.15, 0.2) is 33.9 Å². The number of amides is 1. The molecule has 32 heavy (non-hydrogen) atoms. The summed E-state index contributed by atoms with van der Waals surface area (Å²) in [5.74, 6) is 0.378. The Morgan fingerprint density at radius 3 is 2.66 bits per heavy atom. The molecule has 2 aromatic heterocycles. The maximum Gasteiger partial charge on any atom is 0.330 e. The molecule has 170 valence electrons. The van der Waals surface area contributed by atoms with Crippen molar-refractivity contribution >= 4 is 34.4 Å². The van der Waals surface area contributed by atoms with E-state index in [0.717, 1.165) is 24.2 Å². The average Bonchev–Trinajstić information content (AvgIpc) is 3.22. The minimum atomic E-state index is -0.579. The molecule has 0 fully saturated rings. The minimum absolute atomic E-state index is 0.0942. The summed E-state index contributed by atoms with van der Waals surface area (Å²) in [5, 5.41) is 11.4. The van der Waals surface area contributed by atoms with Crippen LogP contribution in [0.5, 0.6) is 5.75 Å². The van der Waals surface area contributed by atoms with Gasteiger partial charge in [-0.25, -0.2) is 4.79 Å². The molecular formula is C20H25N7O4S. The van der Waals surface area contributed by atoms with Gasteiger partial charge in [0.15, 0.2) is 0 Å². The Bertz CT molecular complexity index is 1200. The Kier molecular flexibility index (Phi) is 7.25. The van der Waals surface area contributed by atoms with E-state index in [9.17, 15) is 14.4 Å². The van der Waals surface area contributed by atoms with Crippen LogP contribution in [0, 0.1) is 0 Å². The van der Waals surface area contributed by atoms with Crippen molar-refractivity contribution < 1.29 is 9.53 Å². The number of nitrogens with zero attached hydrogens (tertiary/aromatic N) is 4. The van der Waals surface area contributed by atoms with Crippen molar-refractivity contribution in [1.82, 2.24) is 19.7 Å². The third kappa shape index (κ3) is 5.14. The van der Waals surface area contributed by atoms with Crippen molar-refractivity contribution in [2.24, 2.45) is 0 Å². The number of aromatic nitrogens is 4. The number of aromatic amines is 1. The van der Waals surface area contributed by atoms with E-state index in [0.29, 0.717) is 23.0 Å². The van der Waals surface area contributed by atoms with Crippen LogP contribution >= 0.6 is 11.3 Å². The number of rotatable bonds is 9. The van der Waals surface area contributed by atoms with Crippen molar-refractivity contribution in [3.05, 3.63) is 55.1 Å². The highest BCUT2D eigenvalue weighted by Gasteiger charge is 2.19. The van der Waals surface area contributed by atoms with Crippen LogP contribution in [-0.4, -0.2) is 39.8 Å². The van der Waals surface area contributed by atoms with Crippen LogP contribution in [0.25, 0.3) is 0 Å². The number of anilines is 3. The zero-order chi connectivity index (χ0) is 23.3. The summed E-state index contributed by atoms with van der Waals surface area (Å²) in [5.41, 5.74) is 5.78. The fourth-order valence-electron chi connectivity index (χ4n) is 3.03. The zero-order valence-electron chi connectivity index (χ0n) is 18.0. The zero-order valence-corrected chi connectivity index (χ0v) is 18.9. The molecule has 0 saturated heterocycles. The van der Waals surface area contributed by atoms with Crippen LogP contribution in [0.1, 0.15) is 34.6 Å². The number of nitrogens with two attached hydrogens (primary N) is 1. The first-order valence-corrected chi connectivity index (χ1v) is 10.8. The number of nitrogen functional groups attached to an aromatic ring is 1. The molecule has 12 heteroatoms. The van der Waals surface area contributed by atoms with Gasteiger partial charge < -0.3 is 20.7 Å². The van der Waals surface area contributed by atoms with E-state index in [1.165, 1.54) is 4.57 Å². The lowest BCUT2D eigenvalue weighted by atomic mass is 10.3. The van der Waals surface area contributed by atoms with Gasteiger partial charge >= 0.3 is 5.69 Å². The van der Waals surface area contributed by atoms with Gasteiger partial charge in [-0.1, -0.05) is 24.7 Å². The summed E-state index contributed by atoms with van der Waals surface area (Å²) in [6.07, 6.45) is 1.63. The van der Waals surface area contributed by atoms with E-state index < -0.39 is 17.2 Å². The first-order chi connectivity index (χ1) is 15.3. The number of carbonyl (C=O) groups is 1. The number of H-pyrrole nitrogens is 1. The number of unbranched alkanes of at least 4 members (excludes halogenated alkanes) is 1. The van der Waals surface area contributed by atoms with E-state index >= 15 is 0 Å². The molecule has 11 nitrogen and oxygen atoms in total. The molecule has 0 aliphatic carbocycles. The highest BCUT2D eigenvalue weighted by atomic mass is 32.1. The molecule has 0 aliphatic rings. The molecule has 3 rings (SSSR count). The number of methoxy groups -OCH3 is 1. The Morgan fingerprint density at radius 2 is 2.00 bits per heavy atom. The summed E-state index contributed by atoms with van der Waals surface area (Å²) >= 11 is 1.10. The quantitative estimate of drug-likeness (QED) is 0.438. The second-order valence-corrected chi connectivity index (χ2v) is 8.10. The molecule has 0 atom stereocenters. The number of hydrogen-bond acceptors (Lipinski definition) is 9. The second kappa shape index (κ2) is 10.1. The van der Waals surface area contributed by atoms with Crippen LogP contribution < -0.4 is 31.9 Å². The van der Waals surface area contributed by atoms with Crippen molar-refractivity contribution in [2.75, 3.05) is 30.1 Å². The van der Waals surface area contributed by atoms with Gasteiger partial charge in [0.25, 0.3) is 11.5 Å². The lowest BCUT2D eigenvalue weighted by Crippen LogP contribution is -2.37. The van der Waals surface area contributed by atoms with Gasteiger partial charge in [0.1, 0.15) is 22.3 Å². The maximum absolute atomic E-state index is 12.5. The molecule has 0 saturated carbocycles. The van der Waals surface area contributed by atoms with Gasteiger partial charge in [0, 0.05) is 19.3 Å². The first kappa shape index (κ1) is 23.0. The largest absolute Gasteiger partial charge is 0.497 e. The van der Waals surface area contributed by atoms with Crippen molar-refractivity contribution in [1.29, 1.82) is 0 Å². The summed E-state index contributed by atoms with van der Waals surface area (Å²) < 4.78 is 6.45. The van der Waals surface area contributed by atoms with Gasteiger partial charge in [-0.05, 0) is 30.7 Å². The predicted molar refractivity (Wildman–Crippen MR) is 124 cm³/mol. The third-order valence-electron chi connectivity index (χ3n) is 4.71. The smallest absolute Gasteiger partial charge is 0.330 e. The molecule has 3 aromatic rings. The molecule has 0 aliphatic heterocycles. The lowest BCUT2D eigenvalue weighted by Gasteiger charge is -2.20. The van der Waals surface area contributed by atoms with Crippen LogP contribution in [0.2, 0.25) is 0 Å². The maximum atomic E-state index is 12.5. The van der Waals surface area contributed by atoms with Crippen molar-refractivity contribution in [3.8, 4) is 5.75 Å². The van der Waals surface area contributed by atoms with E-state index in [4.69, 9.17) is 10.5 Å². The summed E-state index contributed by atoms with van der Waals surface area (Å²) in [6, 6.07) is 6.90. The molecule has 0 unspecified atom stereocenters. The Balaban J connectivity index is 1.74. The van der Waals surface area contributed by atoms with Crippen molar-refractivity contribution in [2.45, 2.75) is 32.9 Å². The predicted octanol–water partition coefficient (Wildman–Crippen LogP) is 1.67. The normalized spacial score (nSPS) is 10.7. The summed E-state index contributed by atoms with van der Waals surface area (Å²) in [7, 11) is 3.22. The number of benzene rings is 1. The summed E-state index contributed by atoms with van der Waals surface area (Å²) in [4.78, 5) is 40.8. The van der Waals surface area contributed by atoms with Crippen LogP contribution in [0.3, 0.4) is 0 Å². The standard InChI is InChI=1S/C20H25N7O4S/c1-4-5-10-27-16(21)15(17(28)23-20(27)30)26(2)11-14-24-25-19(32-14)18(29)22-12-6-8-13(31-3)9-7-12/h6-9H,4-5,10-11,21H2,1-3H3,(H,22,29)(H,23,28,30). The molecule has 1 aromatic carbocycles. The Hall–Kier alpha value is -3.67. The SMILES string of the molecule is CCCCn1c(N)c(N(C)Cc2nnc(C(=O)Nc3ccc(OC)cc3)s2)c(=O)[nH]c1=O. The van der Waals surface area contributed by atoms with E-state index in [1.807, 2.05) is 6.92 Å². The fraction of sp³-hybridized carbons (Fsp3) is 0.350. The van der Waals surface area contributed by atoms with Gasteiger partial charge in [0.05, 0.1) is 13.7 Å². The third-order valence-corrected chi connectivity index (χ3v) is 5.62. The molecular weight excluding hydrogens is 434 g/mol. The van der Waals surface area contributed by atoms with E-state index in [-0.39, 0.29) is 23.1 Å². The number of carbonyl (C=O) groups excluding carboxylic acids is 1. The number of ether oxygens (including phenoxy) is 1. The highest BCUT2D eigenvalue weighted by Crippen LogP contribution is 2.21. The van der Waals surface area contributed by atoms with Gasteiger partial charge in [0.2, 0.25) is 5.01 Å². The van der Waals surface area contributed by atoms with Crippen LogP contribution in [-0.2, 0) is 13.1 Å². The summed E-state index contributed by atoms with van der Waals surface area (Å²) in [6.45, 7) is 2.60. The molecule has 4 N–H and O–H groups in total. The van der Waals surface area contributed by atoms with Gasteiger partial charge in [-0.2, -0.15) is 0 Å². The van der Waals surface area contributed by atoms with E-state index in [1.54, 1.807) is 43.3 Å². The Labute approximate surface area is 187 Å². The average molecular weight is 460 g/mol. The molecule has 1 amide bonds. The monoisotopic (exact) mass is 459 g/mol. The van der Waals surface area contributed by atoms with Gasteiger partial charge in [-0.3, -0.25) is 19.1 Å². The number of nitrogens with one attached hydrogen (secondary N) is 2. The van der Waals surface area contributed by atoms with Crippen molar-refractivity contribution in [3.63, 3.8) is 0 Å². The Morgan fingerprint density at radius 1 is 1.28 bits per heavy atom. The van der Waals surface area contributed by atoms with E-state index in [2.05, 4.69) is 20.5 Å². The molecule has 0 bridgehead atoms. The molecule has 0 radical (unpaired) electrons. The first-order valence-electron chi connectivity index (χ1n) is 9.95. The van der Waals surface area contributed by atoms with Crippen LogP contribution in [0.4, 0.5) is 17.2 Å². The minimum Gasteiger partial charge on any atom is -0.497 e. The molecule has 2 heterocycles. The highest BCUT2D eigenvalue weighted by molar-refractivity contribution is 7.13. The topological polar surface area (TPSA) is 148 Å². The number of hydrogen-bond donors (Lipinski definition) is 3. The van der Waals surface area contributed by atoms with Gasteiger partial charge in [-0.15, -0.1) is 10.2 Å².